The zero-order valence-electron chi connectivity index (χ0n) is 25.4. The highest BCUT2D eigenvalue weighted by Gasteiger charge is 2.62. The lowest BCUT2D eigenvalue weighted by Gasteiger charge is -2.37. The van der Waals surface area contributed by atoms with E-state index in [1.807, 2.05) is 55.4 Å². The molecule has 236 valence electrons. The summed E-state index contributed by atoms with van der Waals surface area (Å²) >= 11 is 0. The van der Waals surface area contributed by atoms with Gasteiger partial charge in [-0.3, -0.25) is 4.57 Å². The molecule has 0 aliphatic carbocycles. The van der Waals surface area contributed by atoms with Crippen LogP contribution in [-0.2, 0) is 61.0 Å². The second-order valence-electron chi connectivity index (χ2n) is 13.3. The average molecular weight is 609 g/mol. The van der Waals surface area contributed by atoms with Gasteiger partial charge in [-0.15, -0.1) is 0 Å². The normalized spacial score (nSPS) is 46.7. The van der Waals surface area contributed by atoms with Crippen LogP contribution in [0.5, 0.6) is 0 Å². The van der Waals surface area contributed by atoms with Gasteiger partial charge in [0.2, 0.25) is 0 Å². The van der Waals surface area contributed by atoms with Gasteiger partial charge >= 0.3 is 7.60 Å². The summed E-state index contributed by atoms with van der Waals surface area (Å²) in [7, 11) is -3.71. The molecular weight excluding hydrogens is 563 g/mol. The summed E-state index contributed by atoms with van der Waals surface area (Å²) in [5.41, 5.74) is 0. The lowest BCUT2D eigenvalue weighted by Crippen LogP contribution is -2.56. The molecule has 0 aromatic carbocycles. The molecule has 6 fully saturated rings. The molecule has 6 aliphatic rings. The van der Waals surface area contributed by atoms with Gasteiger partial charge < -0.3 is 56.4 Å². The molecule has 0 spiro atoms. The first-order chi connectivity index (χ1) is 19.0. The van der Waals surface area contributed by atoms with Gasteiger partial charge in [-0.2, -0.15) is 0 Å². The maximum absolute atomic E-state index is 14.2. The number of fused-ring (bicyclic) bond motifs is 4. The minimum Gasteiger partial charge on any atom is -0.366 e. The topological polar surface area (TPSA) is 128 Å². The second-order valence-corrected chi connectivity index (χ2v) is 15.4. The molecule has 6 saturated heterocycles. The minimum atomic E-state index is -3.71. The lowest BCUT2D eigenvalue weighted by molar-refractivity contribution is -0.239. The molecule has 6 rings (SSSR count). The monoisotopic (exact) mass is 608 g/mol. The van der Waals surface area contributed by atoms with E-state index in [0.717, 1.165) is 0 Å². The van der Waals surface area contributed by atoms with Gasteiger partial charge in [-0.05, 0) is 62.3 Å². The first-order valence-corrected chi connectivity index (χ1v) is 16.3. The molecule has 6 aliphatic heterocycles. The fourth-order valence-electron chi connectivity index (χ4n) is 6.61. The lowest BCUT2D eigenvalue weighted by atomic mass is 9.99. The van der Waals surface area contributed by atoms with E-state index in [2.05, 4.69) is 0 Å². The summed E-state index contributed by atoms with van der Waals surface area (Å²) in [6.07, 6.45) is -5.21. The largest absolute Gasteiger partial charge is 0.366 e. The van der Waals surface area contributed by atoms with Crippen molar-refractivity contribution in [2.45, 2.75) is 147 Å². The highest BCUT2D eigenvalue weighted by Crippen LogP contribution is 2.54. The minimum absolute atomic E-state index is 0.0444. The van der Waals surface area contributed by atoms with E-state index < -0.39 is 85.9 Å². The van der Waals surface area contributed by atoms with Crippen LogP contribution in [0.2, 0.25) is 0 Å². The smallest absolute Gasteiger partial charge is 0.333 e. The first kappa shape index (κ1) is 30.8. The zero-order valence-corrected chi connectivity index (χ0v) is 26.3. The Kier molecular flexibility index (Phi) is 7.80. The SMILES string of the molecule is CCOP(=O)(C[C@@H]1O[C@H]([C@@H]2COC(C)(C)O2)[C@@H]2OC(C)(C)O[C@@H]21)OC[C@H]1O[C@@H]2OC(C)(C)O[C@@H]2[C@H]2OC(C)(C)O[C@H]21. The molecule has 0 radical (unpaired) electrons. The van der Waals surface area contributed by atoms with Gasteiger partial charge in [0.25, 0.3) is 0 Å². The Bertz CT molecular complexity index is 1030. The van der Waals surface area contributed by atoms with Crippen molar-refractivity contribution in [1.29, 1.82) is 0 Å². The summed E-state index contributed by atoms with van der Waals surface area (Å²) in [5, 5.41) is 0. The Labute approximate surface area is 241 Å². The molecule has 0 amide bonds. The molecule has 6 heterocycles. The fraction of sp³-hybridized carbons (Fsp3) is 1.00. The highest BCUT2D eigenvalue weighted by molar-refractivity contribution is 7.53. The maximum atomic E-state index is 14.2. The third-order valence-electron chi connectivity index (χ3n) is 8.00. The van der Waals surface area contributed by atoms with E-state index in [4.69, 9.17) is 56.4 Å². The third kappa shape index (κ3) is 6.18. The first-order valence-electron chi connectivity index (χ1n) is 14.6. The molecule has 0 saturated carbocycles. The molecule has 11 atom stereocenters. The predicted octanol–water partition coefficient (Wildman–Crippen LogP) is 3.07. The fourth-order valence-corrected chi connectivity index (χ4v) is 8.40. The molecular formula is C27H45O13P. The van der Waals surface area contributed by atoms with Crippen molar-refractivity contribution in [3.05, 3.63) is 0 Å². The second kappa shape index (κ2) is 10.4. The Morgan fingerprint density at radius 3 is 1.80 bits per heavy atom. The van der Waals surface area contributed by atoms with E-state index in [1.54, 1.807) is 6.92 Å². The van der Waals surface area contributed by atoms with Gasteiger partial charge in [0.1, 0.15) is 48.8 Å². The van der Waals surface area contributed by atoms with Crippen molar-refractivity contribution in [3.63, 3.8) is 0 Å². The number of ether oxygens (including phenoxy) is 10. The van der Waals surface area contributed by atoms with E-state index in [9.17, 15) is 4.57 Å². The van der Waals surface area contributed by atoms with Gasteiger partial charge in [0.05, 0.1) is 32.1 Å². The van der Waals surface area contributed by atoms with Crippen LogP contribution >= 0.6 is 7.60 Å². The van der Waals surface area contributed by atoms with Crippen LogP contribution in [0.15, 0.2) is 0 Å². The van der Waals surface area contributed by atoms with Gasteiger partial charge in [-0.1, -0.05) is 0 Å². The molecule has 0 aromatic rings. The van der Waals surface area contributed by atoms with Crippen molar-refractivity contribution in [2.24, 2.45) is 0 Å². The van der Waals surface area contributed by atoms with Crippen molar-refractivity contribution in [2.75, 3.05) is 26.0 Å². The van der Waals surface area contributed by atoms with Gasteiger partial charge in [0.15, 0.2) is 29.4 Å². The molecule has 1 unspecified atom stereocenters. The Hall–Kier alpha value is -0.250. The molecule has 14 heteroatoms. The van der Waals surface area contributed by atoms with E-state index in [1.165, 1.54) is 0 Å². The molecule has 41 heavy (non-hydrogen) atoms. The Morgan fingerprint density at radius 2 is 1.20 bits per heavy atom. The van der Waals surface area contributed by atoms with Crippen molar-refractivity contribution in [1.82, 2.24) is 0 Å². The van der Waals surface area contributed by atoms with Crippen LogP contribution in [0, 0.1) is 0 Å². The van der Waals surface area contributed by atoms with Crippen LogP contribution < -0.4 is 0 Å². The van der Waals surface area contributed by atoms with Crippen LogP contribution in [0.3, 0.4) is 0 Å². The summed E-state index contributed by atoms with van der Waals surface area (Å²) in [5.74, 6) is -3.28. The van der Waals surface area contributed by atoms with Crippen LogP contribution in [0.25, 0.3) is 0 Å². The van der Waals surface area contributed by atoms with Crippen molar-refractivity contribution < 1.29 is 61.0 Å². The summed E-state index contributed by atoms with van der Waals surface area (Å²) in [6, 6.07) is 0. The summed E-state index contributed by atoms with van der Waals surface area (Å²) in [6.45, 7) is 16.9. The Balaban J connectivity index is 1.17. The van der Waals surface area contributed by atoms with E-state index in [0.29, 0.717) is 6.61 Å². The van der Waals surface area contributed by atoms with Crippen LogP contribution in [0.1, 0.15) is 62.3 Å². The number of rotatable bonds is 8. The average Bonchev–Trinajstić information content (AvgIpc) is 3.59. The molecule has 0 aromatic heterocycles. The van der Waals surface area contributed by atoms with Gasteiger partial charge in [0, 0.05) is 0 Å². The van der Waals surface area contributed by atoms with Crippen molar-refractivity contribution in [3.8, 4) is 0 Å². The van der Waals surface area contributed by atoms with E-state index >= 15 is 0 Å². The quantitative estimate of drug-likeness (QED) is 0.375. The van der Waals surface area contributed by atoms with Crippen LogP contribution in [-0.4, -0.2) is 110 Å². The van der Waals surface area contributed by atoms with Gasteiger partial charge in [-0.25, -0.2) is 0 Å². The maximum Gasteiger partial charge on any atom is 0.333 e. The highest BCUT2D eigenvalue weighted by atomic mass is 31.2. The molecule has 0 N–H and O–H groups in total. The van der Waals surface area contributed by atoms with Crippen LogP contribution in [0.4, 0.5) is 0 Å². The van der Waals surface area contributed by atoms with Crippen molar-refractivity contribution >= 4 is 7.60 Å². The standard InChI is InChI=1S/C27H45O13P/c1-10-30-41(28,13-16-19-20(37-26(6,7)36-19)17(32-16)15-11-29-24(2,3)34-15)31-12-14-18-21(38-25(4,5)35-18)22-23(33-14)40-27(8,9)39-22/h14-23H,10-13H2,1-9H3/t14-,15+,16+,17-,18+,19-,20+,21+,22-,23-,41?/m1/s1. The third-order valence-corrected chi connectivity index (χ3v) is 10.00. The summed E-state index contributed by atoms with van der Waals surface area (Å²) in [4.78, 5) is 0. The number of hydrogen-bond acceptors (Lipinski definition) is 13. The molecule has 0 bridgehead atoms. The predicted molar refractivity (Wildman–Crippen MR) is 140 cm³/mol. The zero-order chi connectivity index (χ0) is 29.6. The number of hydrogen-bond donors (Lipinski definition) is 0. The summed E-state index contributed by atoms with van der Waals surface area (Å²) < 4.78 is 87.4. The van der Waals surface area contributed by atoms with E-state index in [-0.39, 0.29) is 25.5 Å². The molecule has 13 nitrogen and oxygen atoms in total. The Morgan fingerprint density at radius 1 is 0.634 bits per heavy atom.